The maximum atomic E-state index is 11.0. The standard InChI is InChI=1S/C11H13N3O2/c1-14-7-6-12-11(14)13-9-5-3-2-4-8(9)10(15)16/h2-5H,6-7H2,1H3,(H,12,13)(H,15,16). The topological polar surface area (TPSA) is 64.9 Å². The van der Waals surface area contributed by atoms with Gasteiger partial charge in [-0.15, -0.1) is 0 Å². The van der Waals surface area contributed by atoms with E-state index in [2.05, 4.69) is 10.3 Å². The number of carboxylic acid groups (broad SMARTS) is 1. The molecular weight excluding hydrogens is 206 g/mol. The molecule has 1 aliphatic rings. The first-order valence-electron chi connectivity index (χ1n) is 5.03. The smallest absolute Gasteiger partial charge is 0.337 e. The average molecular weight is 219 g/mol. The Morgan fingerprint density at radius 2 is 2.25 bits per heavy atom. The summed E-state index contributed by atoms with van der Waals surface area (Å²) >= 11 is 0. The van der Waals surface area contributed by atoms with Gasteiger partial charge in [0.1, 0.15) is 0 Å². The van der Waals surface area contributed by atoms with E-state index in [0.717, 1.165) is 13.1 Å². The third-order valence-corrected chi connectivity index (χ3v) is 2.46. The van der Waals surface area contributed by atoms with Crippen molar-refractivity contribution in [3.05, 3.63) is 29.8 Å². The Hall–Kier alpha value is -2.04. The van der Waals surface area contributed by atoms with Crippen molar-refractivity contribution >= 4 is 17.6 Å². The predicted molar refractivity (Wildman–Crippen MR) is 62.0 cm³/mol. The summed E-state index contributed by atoms with van der Waals surface area (Å²) in [5.41, 5.74) is 0.827. The Bertz CT molecular complexity index is 443. The number of rotatable bonds is 2. The summed E-state index contributed by atoms with van der Waals surface area (Å²) < 4.78 is 0. The second-order valence-corrected chi connectivity index (χ2v) is 3.60. The fourth-order valence-electron chi connectivity index (χ4n) is 1.57. The summed E-state index contributed by atoms with van der Waals surface area (Å²) in [7, 11) is 1.92. The Balaban J connectivity index is 2.24. The summed E-state index contributed by atoms with van der Waals surface area (Å²) in [5.74, 6) is -0.224. The SMILES string of the molecule is CN1CCN=C1Nc1ccccc1C(=O)O. The van der Waals surface area contributed by atoms with Gasteiger partial charge in [0.15, 0.2) is 5.96 Å². The number of hydrogen-bond acceptors (Lipinski definition) is 4. The molecule has 0 unspecified atom stereocenters. The van der Waals surface area contributed by atoms with Gasteiger partial charge in [-0.1, -0.05) is 12.1 Å². The molecule has 1 aliphatic heterocycles. The first kappa shape index (κ1) is 10.5. The first-order valence-corrected chi connectivity index (χ1v) is 5.03. The van der Waals surface area contributed by atoms with Crippen molar-refractivity contribution in [2.45, 2.75) is 0 Å². The van der Waals surface area contributed by atoms with Crippen LogP contribution in [0.3, 0.4) is 0 Å². The molecule has 84 valence electrons. The maximum absolute atomic E-state index is 11.0. The fourth-order valence-corrected chi connectivity index (χ4v) is 1.57. The highest BCUT2D eigenvalue weighted by Gasteiger charge is 2.15. The van der Waals surface area contributed by atoms with Crippen molar-refractivity contribution in [2.24, 2.45) is 4.99 Å². The van der Waals surface area contributed by atoms with E-state index >= 15 is 0 Å². The van der Waals surface area contributed by atoms with Gasteiger partial charge in [-0.05, 0) is 12.1 Å². The van der Waals surface area contributed by atoms with Gasteiger partial charge >= 0.3 is 5.97 Å². The van der Waals surface area contributed by atoms with Crippen LogP contribution in [-0.4, -0.2) is 42.1 Å². The minimum Gasteiger partial charge on any atom is -0.478 e. The second-order valence-electron chi connectivity index (χ2n) is 3.60. The predicted octanol–water partition coefficient (Wildman–Crippen LogP) is 1.10. The normalized spacial score (nSPS) is 14.8. The van der Waals surface area contributed by atoms with Gasteiger partial charge in [-0.2, -0.15) is 0 Å². The van der Waals surface area contributed by atoms with Crippen molar-refractivity contribution in [3.63, 3.8) is 0 Å². The molecule has 2 rings (SSSR count). The van der Waals surface area contributed by atoms with Gasteiger partial charge in [-0.3, -0.25) is 4.99 Å². The number of carbonyl (C=O) groups is 1. The number of benzene rings is 1. The number of aliphatic imine (C=N–C) groups is 1. The van der Waals surface area contributed by atoms with Crippen LogP contribution in [0.25, 0.3) is 0 Å². The van der Waals surface area contributed by atoms with Crippen LogP contribution in [0.2, 0.25) is 0 Å². The molecule has 0 aromatic heterocycles. The van der Waals surface area contributed by atoms with E-state index in [0.29, 0.717) is 11.6 Å². The number of guanidine groups is 1. The lowest BCUT2D eigenvalue weighted by Crippen LogP contribution is -2.29. The molecule has 0 atom stereocenters. The minimum atomic E-state index is -0.940. The third kappa shape index (κ3) is 1.98. The van der Waals surface area contributed by atoms with Crippen LogP contribution in [-0.2, 0) is 0 Å². The van der Waals surface area contributed by atoms with Crippen molar-refractivity contribution in [1.82, 2.24) is 4.90 Å². The molecule has 0 fully saturated rings. The van der Waals surface area contributed by atoms with Crippen LogP contribution in [0.15, 0.2) is 29.3 Å². The van der Waals surface area contributed by atoms with Gasteiger partial charge in [-0.25, -0.2) is 4.79 Å². The summed E-state index contributed by atoms with van der Waals surface area (Å²) in [5, 5.41) is 12.0. The lowest BCUT2D eigenvalue weighted by atomic mass is 10.2. The molecular formula is C11H13N3O2. The summed E-state index contributed by atoms with van der Waals surface area (Å²) in [6.45, 7) is 1.60. The quantitative estimate of drug-likeness (QED) is 0.781. The zero-order chi connectivity index (χ0) is 11.5. The van der Waals surface area contributed by atoms with E-state index in [-0.39, 0.29) is 5.56 Å². The van der Waals surface area contributed by atoms with E-state index in [9.17, 15) is 4.79 Å². The highest BCUT2D eigenvalue weighted by molar-refractivity contribution is 6.01. The van der Waals surface area contributed by atoms with Crippen LogP contribution >= 0.6 is 0 Å². The van der Waals surface area contributed by atoms with Crippen LogP contribution in [0.4, 0.5) is 5.69 Å². The number of para-hydroxylation sites is 1. The molecule has 16 heavy (non-hydrogen) atoms. The number of nitrogens with one attached hydrogen (secondary N) is 1. The van der Waals surface area contributed by atoms with Crippen LogP contribution in [0.5, 0.6) is 0 Å². The van der Waals surface area contributed by atoms with Crippen molar-refractivity contribution in [3.8, 4) is 0 Å². The molecule has 0 spiro atoms. The number of anilines is 1. The highest BCUT2D eigenvalue weighted by atomic mass is 16.4. The molecule has 5 heteroatoms. The highest BCUT2D eigenvalue weighted by Crippen LogP contribution is 2.16. The molecule has 1 heterocycles. The Labute approximate surface area is 93.4 Å². The maximum Gasteiger partial charge on any atom is 0.337 e. The van der Waals surface area contributed by atoms with Gasteiger partial charge < -0.3 is 15.3 Å². The lowest BCUT2D eigenvalue weighted by Gasteiger charge is -2.16. The zero-order valence-electron chi connectivity index (χ0n) is 8.97. The molecule has 1 aromatic rings. The summed E-state index contributed by atoms with van der Waals surface area (Å²) in [6, 6.07) is 6.80. The van der Waals surface area contributed by atoms with Crippen molar-refractivity contribution in [1.29, 1.82) is 0 Å². The van der Waals surface area contributed by atoms with E-state index in [4.69, 9.17) is 5.11 Å². The van der Waals surface area contributed by atoms with Crippen LogP contribution < -0.4 is 5.32 Å². The summed E-state index contributed by atoms with van der Waals surface area (Å²) in [6.07, 6.45) is 0. The molecule has 0 amide bonds. The molecule has 2 N–H and O–H groups in total. The minimum absolute atomic E-state index is 0.255. The third-order valence-electron chi connectivity index (χ3n) is 2.46. The molecule has 0 saturated heterocycles. The molecule has 0 saturated carbocycles. The fraction of sp³-hybridized carbons (Fsp3) is 0.273. The second kappa shape index (κ2) is 4.22. The summed E-state index contributed by atoms with van der Waals surface area (Å²) in [4.78, 5) is 17.2. The van der Waals surface area contributed by atoms with Crippen molar-refractivity contribution in [2.75, 3.05) is 25.5 Å². The number of carboxylic acids is 1. The van der Waals surface area contributed by atoms with Gasteiger partial charge in [0.2, 0.25) is 0 Å². The van der Waals surface area contributed by atoms with Gasteiger partial charge in [0.25, 0.3) is 0 Å². The van der Waals surface area contributed by atoms with E-state index in [1.165, 1.54) is 0 Å². The Morgan fingerprint density at radius 3 is 2.88 bits per heavy atom. The van der Waals surface area contributed by atoms with Gasteiger partial charge in [0.05, 0.1) is 17.8 Å². The lowest BCUT2D eigenvalue weighted by molar-refractivity contribution is 0.0698. The molecule has 0 bridgehead atoms. The number of hydrogen-bond donors (Lipinski definition) is 2. The number of aromatic carboxylic acids is 1. The van der Waals surface area contributed by atoms with E-state index in [1.807, 2.05) is 11.9 Å². The molecule has 5 nitrogen and oxygen atoms in total. The number of nitrogens with zero attached hydrogens (tertiary/aromatic N) is 2. The zero-order valence-corrected chi connectivity index (χ0v) is 8.97. The van der Waals surface area contributed by atoms with Crippen LogP contribution in [0, 0.1) is 0 Å². The first-order chi connectivity index (χ1) is 7.68. The average Bonchev–Trinajstić information content (AvgIpc) is 2.65. The van der Waals surface area contributed by atoms with Gasteiger partial charge in [0, 0.05) is 13.6 Å². The Kier molecular flexibility index (Phi) is 2.76. The van der Waals surface area contributed by atoms with E-state index in [1.54, 1.807) is 24.3 Å². The monoisotopic (exact) mass is 219 g/mol. The largest absolute Gasteiger partial charge is 0.478 e. The van der Waals surface area contributed by atoms with Crippen molar-refractivity contribution < 1.29 is 9.90 Å². The molecule has 1 aromatic carbocycles. The van der Waals surface area contributed by atoms with E-state index < -0.39 is 5.97 Å². The van der Waals surface area contributed by atoms with Crippen LogP contribution in [0.1, 0.15) is 10.4 Å². The molecule has 0 radical (unpaired) electrons. The Morgan fingerprint density at radius 1 is 1.50 bits per heavy atom. The molecule has 0 aliphatic carbocycles. The number of likely N-dealkylation sites (N-methyl/N-ethyl adjacent to an activating group) is 1.